The molecule has 11 heteroatoms. The van der Waals surface area contributed by atoms with Crippen molar-refractivity contribution in [3.63, 3.8) is 0 Å². The fraction of sp³-hybridized carbons (Fsp3) is 0.227. The molecule has 8 nitrogen and oxygen atoms in total. The maximum absolute atomic E-state index is 13.3. The highest BCUT2D eigenvalue weighted by molar-refractivity contribution is 7.99. The number of hydrogen-bond acceptors (Lipinski definition) is 6. The summed E-state index contributed by atoms with van der Waals surface area (Å²) in [6.45, 7) is 1.79. The molecule has 0 aliphatic heterocycles. The van der Waals surface area contributed by atoms with E-state index in [2.05, 4.69) is 15.2 Å². The van der Waals surface area contributed by atoms with E-state index in [1.807, 2.05) is 31.2 Å². The average molecular weight is 488 g/mol. The summed E-state index contributed by atoms with van der Waals surface area (Å²) in [5.74, 6) is 0.0498. The van der Waals surface area contributed by atoms with Gasteiger partial charge in [0.05, 0.1) is 24.2 Å². The van der Waals surface area contributed by atoms with Crippen LogP contribution >= 0.6 is 11.8 Å². The Hall–Kier alpha value is -3.18. The van der Waals surface area contributed by atoms with Crippen molar-refractivity contribution < 1.29 is 17.6 Å². The molecule has 0 saturated heterocycles. The summed E-state index contributed by atoms with van der Waals surface area (Å²) in [5.41, 5.74) is 2.69. The second-order valence-electron chi connectivity index (χ2n) is 7.59. The van der Waals surface area contributed by atoms with E-state index in [0.29, 0.717) is 22.2 Å². The molecule has 33 heavy (non-hydrogen) atoms. The second kappa shape index (κ2) is 8.99. The number of carbonyl (C=O) groups is 1. The number of aryl methyl sites for hydroxylation is 1. The summed E-state index contributed by atoms with van der Waals surface area (Å²) in [4.78, 5) is 16.2. The Morgan fingerprint density at radius 3 is 2.55 bits per heavy atom. The van der Waals surface area contributed by atoms with Crippen molar-refractivity contribution in [3.8, 4) is 0 Å². The lowest BCUT2D eigenvalue weighted by Gasteiger charge is -2.21. The smallest absolute Gasteiger partial charge is 0.232 e. The van der Waals surface area contributed by atoms with Gasteiger partial charge in [-0.05, 0) is 37.3 Å². The van der Waals surface area contributed by atoms with Gasteiger partial charge in [-0.2, -0.15) is 0 Å². The summed E-state index contributed by atoms with van der Waals surface area (Å²) >= 11 is 1.23. The molecule has 0 fully saturated rings. The maximum atomic E-state index is 13.3. The van der Waals surface area contributed by atoms with Gasteiger partial charge in [0.15, 0.2) is 16.8 Å². The van der Waals surface area contributed by atoms with Crippen molar-refractivity contribution in [2.75, 3.05) is 16.3 Å². The molecule has 0 amide bonds. The SMILES string of the molecule is Cc1[nH]c2ccccc2c1C(=O)CSc1nnc(CN(c2ccc(F)cc2)S(C)(=O)=O)n1C. The largest absolute Gasteiger partial charge is 0.358 e. The zero-order valence-electron chi connectivity index (χ0n) is 18.2. The van der Waals surface area contributed by atoms with Gasteiger partial charge in [-0.25, -0.2) is 12.8 Å². The van der Waals surface area contributed by atoms with Crippen molar-refractivity contribution in [1.29, 1.82) is 0 Å². The third-order valence-electron chi connectivity index (χ3n) is 5.23. The molecule has 0 radical (unpaired) electrons. The van der Waals surface area contributed by atoms with Crippen LogP contribution in [0.3, 0.4) is 0 Å². The number of nitrogens with one attached hydrogen (secondary N) is 1. The summed E-state index contributed by atoms with van der Waals surface area (Å²) in [5, 5.41) is 9.61. The first-order valence-corrected chi connectivity index (χ1v) is 12.8. The van der Waals surface area contributed by atoms with Crippen LogP contribution in [0.15, 0.2) is 53.7 Å². The molecule has 2 heterocycles. The van der Waals surface area contributed by atoms with Crippen LogP contribution in [0.4, 0.5) is 10.1 Å². The minimum atomic E-state index is -3.65. The molecule has 2 aromatic heterocycles. The van der Waals surface area contributed by atoms with Gasteiger partial charge >= 0.3 is 0 Å². The number of aromatic nitrogens is 4. The van der Waals surface area contributed by atoms with Crippen LogP contribution in [0.5, 0.6) is 0 Å². The Balaban J connectivity index is 1.52. The predicted octanol–water partition coefficient (Wildman–Crippen LogP) is 3.69. The number of benzene rings is 2. The van der Waals surface area contributed by atoms with Gasteiger partial charge < -0.3 is 9.55 Å². The number of Topliss-reactive ketones (excluding diaryl/α,β-unsaturated/α-hetero) is 1. The van der Waals surface area contributed by atoms with Gasteiger partial charge in [0.25, 0.3) is 0 Å². The predicted molar refractivity (Wildman–Crippen MR) is 127 cm³/mol. The Bertz CT molecular complexity index is 1430. The first kappa shape index (κ1) is 23.0. The lowest BCUT2D eigenvalue weighted by molar-refractivity contribution is 0.102. The van der Waals surface area contributed by atoms with Crippen LogP contribution in [0.25, 0.3) is 10.9 Å². The van der Waals surface area contributed by atoms with E-state index >= 15 is 0 Å². The molecule has 0 unspecified atom stereocenters. The Kier molecular flexibility index (Phi) is 6.26. The number of para-hydroxylation sites is 1. The standard InChI is InChI=1S/C22H22FN5O3S2/c1-14-21(17-6-4-5-7-18(17)24-14)19(29)13-32-22-26-25-20(27(22)2)12-28(33(3,30)31)16-10-8-15(23)9-11-16/h4-11,24H,12-13H2,1-3H3. The molecule has 1 N–H and O–H groups in total. The highest BCUT2D eigenvalue weighted by atomic mass is 32.2. The number of thioether (sulfide) groups is 1. The lowest BCUT2D eigenvalue weighted by Crippen LogP contribution is -2.30. The Morgan fingerprint density at radius 1 is 1.15 bits per heavy atom. The normalized spacial score (nSPS) is 11.8. The number of rotatable bonds is 8. The van der Waals surface area contributed by atoms with Crippen molar-refractivity contribution >= 4 is 44.2 Å². The molecule has 0 atom stereocenters. The molecule has 172 valence electrons. The number of H-pyrrole nitrogens is 1. The molecule has 0 spiro atoms. The van der Waals surface area contributed by atoms with Crippen LogP contribution in [0.1, 0.15) is 21.9 Å². The number of halogens is 1. The molecular formula is C22H22FN5O3S2. The van der Waals surface area contributed by atoms with Crippen LogP contribution < -0.4 is 4.31 Å². The molecule has 2 aromatic carbocycles. The minimum absolute atomic E-state index is 0.0384. The van der Waals surface area contributed by atoms with Crippen LogP contribution in [0.2, 0.25) is 0 Å². The van der Waals surface area contributed by atoms with Crippen molar-refractivity contribution in [1.82, 2.24) is 19.7 Å². The maximum Gasteiger partial charge on any atom is 0.232 e. The zero-order valence-corrected chi connectivity index (χ0v) is 19.9. The second-order valence-corrected chi connectivity index (χ2v) is 10.4. The first-order valence-electron chi connectivity index (χ1n) is 10.00. The van der Waals surface area contributed by atoms with Gasteiger partial charge in [-0.15, -0.1) is 10.2 Å². The van der Waals surface area contributed by atoms with Gasteiger partial charge in [0, 0.05) is 29.2 Å². The van der Waals surface area contributed by atoms with Gasteiger partial charge in [0.2, 0.25) is 10.0 Å². The molecule has 0 saturated carbocycles. The summed E-state index contributed by atoms with van der Waals surface area (Å²) in [7, 11) is -1.94. The number of hydrogen-bond donors (Lipinski definition) is 1. The number of carbonyl (C=O) groups excluding carboxylic acids is 1. The third-order valence-corrected chi connectivity index (χ3v) is 7.39. The van der Waals surface area contributed by atoms with Gasteiger partial charge in [0.1, 0.15) is 5.82 Å². The minimum Gasteiger partial charge on any atom is -0.358 e. The van der Waals surface area contributed by atoms with Crippen LogP contribution in [-0.4, -0.2) is 46.0 Å². The summed E-state index contributed by atoms with van der Waals surface area (Å²) in [6, 6.07) is 12.8. The highest BCUT2D eigenvalue weighted by Gasteiger charge is 2.22. The topological polar surface area (TPSA) is 101 Å². The van der Waals surface area contributed by atoms with Crippen LogP contribution in [-0.2, 0) is 23.6 Å². The van der Waals surface area contributed by atoms with Crippen LogP contribution in [0, 0.1) is 12.7 Å². The number of aromatic amines is 1. The quantitative estimate of drug-likeness (QED) is 0.301. The third kappa shape index (κ3) is 4.79. The number of sulfonamides is 1. The average Bonchev–Trinajstić information content (AvgIpc) is 3.29. The number of fused-ring (bicyclic) bond motifs is 1. The fourth-order valence-corrected chi connectivity index (χ4v) is 5.24. The molecular weight excluding hydrogens is 465 g/mol. The molecule has 0 bridgehead atoms. The van der Waals surface area contributed by atoms with Gasteiger partial charge in [-0.1, -0.05) is 30.0 Å². The van der Waals surface area contributed by atoms with E-state index in [-0.39, 0.29) is 18.1 Å². The van der Waals surface area contributed by atoms with E-state index in [4.69, 9.17) is 0 Å². The number of nitrogens with zero attached hydrogens (tertiary/aromatic N) is 4. The van der Waals surface area contributed by atoms with E-state index in [1.165, 1.54) is 36.0 Å². The first-order chi connectivity index (χ1) is 15.6. The molecule has 0 aliphatic rings. The van der Waals surface area contributed by atoms with Crippen molar-refractivity contribution in [2.45, 2.75) is 18.6 Å². The monoisotopic (exact) mass is 487 g/mol. The lowest BCUT2D eigenvalue weighted by atomic mass is 10.1. The Labute approximate surface area is 194 Å². The van der Waals surface area contributed by atoms with Crippen molar-refractivity contribution in [2.24, 2.45) is 7.05 Å². The molecule has 4 aromatic rings. The summed E-state index contributed by atoms with van der Waals surface area (Å²) < 4.78 is 40.8. The fourth-order valence-electron chi connectivity index (χ4n) is 3.58. The van der Waals surface area contributed by atoms with E-state index in [0.717, 1.165) is 27.2 Å². The van der Waals surface area contributed by atoms with Crippen molar-refractivity contribution in [3.05, 3.63) is 71.4 Å². The van der Waals surface area contributed by atoms with E-state index in [9.17, 15) is 17.6 Å². The highest BCUT2D eigenvalue weighted by Crippen LogP contribution is 2.26. The van der Waals surface area contributed by atoms with E-state index in [1.54, 1.807) is 11.6 Å². The Morgan fingerprint density at radius 2 is 1.85 bits per heavy atom. The number of ketones is 1. The molecule has 4 rings (SSSR count). The summed E-state index contributed by atoms with van der Waals surface area (Å²) in [6.07, 6.45) is 1.07. The van der Waals surface area contributed by atoms with E-state index < -0.39 is 15.8 Å². The van der Waals surface area contributed by atoms with Gasteiger partial charge in [-0.3, -0.25) is 9.10 Å². The zero-order chi connectivity index (χ0) is 23.8. The molecule has 0 aliphatic carbocycles. The number of anilines is 1.